The topological polar surface area (TPSA) is 46.2 Å². The van der Waals surface area contributed by atoms with Crippen LogP contribution in [0.1, 0.15) is 0 Å². The van der Waals surface area contributed by atoms with E-state index < -0.39 is 11.8 Å². The van der Waals surface area contributed by atoms with E-state index in [1.165, 1.54) is 0 Å². The molecular formula is C4H7NO2S2. The van der Waals surface area contributed by atoms with Gasteiger partial charge in [0.15, 0.2) is 0 Å². The van der Waals surface area contributed by atoms with Gasteiger partial charge in [0.05, 0.1) is 11.5 Å². The Morgan fingerprint density at radius 1 is 1.11 bits per heavy atom. The summed E-state index contributed by atoms with van der Waals surface area (Å²) >= 11 is 7.28. The Kier molecular flexibility index (Phi) is 4.61. The van der Waals surface area contributed by atoms with Crippen molar-refractivity contribution in [2.45, 2.75) is 0 Å². The molecule has 0 saturated carbocycles. The maximum absolute atomic E-state index is 10.3. The first kappa shape index (κ1) is 8.84. The lowest BCUT2D eigenvalue weighted by Gasteiger charge is -1.95. The minimum Gasteiger partial charge on any atom is -0.295 e. The van der Waals surface area contributed by atoms with E-state index >= 15 is 0 Å². The van der Waals surface area contributed by atoms with Crippen LogP contribution in [0.4, 0.5) is 0 Å². The Bertz CT molecular complexity index is 112. The summed E-state index contributed by atoms with van der Waals surface area (Å²) in [5.41, 5.74) is 0. The van der Waals surface area contributed by atoms with Gasteiger partial charge in [-0.3, -0.25) is 14.9 Å². The maximum Gasteiger partial charge on any atom is 0.236 e. The lowest BCUT2D eigenvalue weighted by Crippen LogP contribution is -2.32. The average Bonchev–Trinajstić information content (AvgIpc) is 1.87. The van der Waals surface area contributed by atoms with Gasteiger partial charge in [0, 0.05) is 0 Å². The van der Waals surface area contributed by atoms with Crippen LogP contribution >= 0.6 is 25.3 Å². The Morgan fingerprint density at radius 2 is 1.44 bits per heavy atom. The molecule has 0 aromatic heterocycles. The highest BCUT2D eigenvalue weighted by atomic mass is 32.1. The van der Waals surface area contributed by atoms with Crippen molar-refractivity contribution < 1.29 is 9.59 Å². The second kappa shape index (κ2) is 4.69. The van der Waals surface area contributed by atoms with Crippen LogP contribution in [0.5, 0.6) is 0 Å². The van der Waals surface area contributed by atoms with Gasteiger partial charge in [0.25, 0.3) is 0 Å². The molecule has 2 amide bonds. The second-order valence-corrected chi connectivity index (χ2v) is 1.92. The van der Waals surface area contributed by atoms with Crippen LogP contribution in [0.25, 0.3) is 0 Å². The summed E-state index contributed by atoms with van der Waals surface area (Å²) in [4.78, 5) is 20.7. The lowest BCUT2D eigenvalue weighted by molar-refractivity contribution is -0.127. The molecule has 1 N–H and O–H groups in total. The zero-order chi connectivity index (χ0) is 7.28. The summed E-state index contributed by atoms with van der Waals surface area (Å²) in [6.07, 6.45) is 0. The van der Waals surface area contributed by atoms with Crippen molar-refractivity contribution in [3.8, 4) is 0 Å². The Morgan fingerprint density at radius 3 is 1.67 bits per heavy atom. The van der Waals surface area contributed by atoms with Gasteiger partial charge < -0.3 is 0 Å². The predicted molar refractivity (Wildman–Crippen MR) is 40.9 cm³/mol. The van der Waals surface area contributed by atoms with Crippen LogP contribution in [-0.2, 0) is 9.59 Å². The average molecular weight is 165 g/mol. The minimum absolute atomic E-state index is 0.0273. The first-order valence-electron chi connectivity index (χ1n) is 2.25. The summed E-state index contributed by atoms with van der Waals surface area (Å²) in [7, 11) is 0. The summed E-state index contributed by atoms with van der Waals surface area (Å²) in [6.45, 7) is 0. The molecule has 0 aromatic carbocycles. The van der Waals surface area contributed by atoms with Gasteiger partial charge in [-0.05, 0) is 0 Å². The van der Waals surface area contributed by atoms with Gasteiger partial charge in [-0.2, -0.15) is 25.3 Å². The van der Waals surface area contributed by atoms with Crippen LogP contribution in [0.2, 0.25) is 0 Å². The van der Waals surface area contributed by atoms with Crippen molar-refractivity contribution >= 4 is 37.1 Å². The number of hydrogen-bond acceptors (Lipinski definition) is 4. The second-order valence-electron chi connectivity index (χ2n) is 1.29. The zero-order valence-electron chi connectivity index (χ0n) is 4.63. The van der Waals surface area contributed by atoms with Crippen molar-refractivity contribution in [3.05, 3.63) is 0 Å². The summed E-state index contributed by atoms with van der Waals surface area (Å²) in [6, 6.07) is 0. The van der Waals surface area contributed by atoms with E-state index in [4.69, 9.17) is 0 Å². The molecule has 0 heterocycles. The van der Waals surface area contributed by atoms with Gasteiger partial charge in [0.1, 0.15) is 0 Å². The number of amides is 2. The normalized spacial score (nSPS) is 8.67. The molecule has 0 radical (unpaired) electrons. The van der Waals surface area contributed by atoms with Gasteiger partial charge in [-0.1, -0.05) is 0 Å². The van der Waals surface area contributed by atoms with Gasteiger partial charge >= 0.3 is 0 Å². The molecule has 0 unspecified atom stereocenters. The van der Waals surface area contributed by atoms with E-state index in [1.54, 1.807) is 0 Å². The highest BCUT2D eigenvalue weighted by molar-refractivity contribution is 7.81. The first-order chi connectivity index (χ1) is 4.20. The number of hydrogen-bond donors (Lipinski definition) is 3. The zero-order valence-corrected chi connectivity index (χ0v) is 6.41. The SMILES string of the molecule is O=C(CS)NC(=O)CS. The van der Waals surface area contributed by atoms with E-state index in [1.807, 2.05) is 5.32 Å². The van der Waals surface area contributed by atoms with E-state index in [2.05, 4.69) is 25.3 Å². The van der Waals surface area contributed by atoms with E-state index in [0.29, 0.717) is 0 Å². The van der Waals surface area contributed by atoms with E-state index in [0.717, 1.165) is 0 Å². The molecule has 0 spiro atoms. The maximum atomic E-state index is 10.3. The molecule has 0 aliphatic heterocycles. The Balaban J connectivity index is 3.47. The fourth-order valence-corrected chi connectivity index (χ4v) is 0.393. The number of thiol groups is 2. The van der Waals surface area contributed by atoms with Crippen molar-refractivity contribution in [1.29, 1.82) is 0 Å². The molecule has 0 bridgehead atoms. The summed E-state index contributed by atoms with van der Waals surface area (Å²) in [5, 5.41) is 2.05. The fourth-order valence-electron chi connectivity index (χ4n) is 0.235. The van der Waals surface area contributed by atoms with Gasteiger partial charge in [-0.25, -0.2) is 0 Å². The first-order valence-corrected chi connectivity index (χ1v) is 3.51. The number of carbonyl (C=O) groups excluding carboxylic acids is 2. The van der Waals surface area contributed by atoms with Crippen molar-refractivity contribution in [1.82, 2.24) is 5.32 Å². The largest absolute Gasteiger partial charge is 0.295 e. The molecule has 3 nitrogen and oxygen atoms in total. The molecule has 0 aliphatic carbocycles. The van der Waals surface area contributed by atoms with Gasteiger partial charge in [0.2, 0.25) is 11.8 Å². The standard InChI is InChI=1S/C4H7NO2S2/c6-3(1-8)5-4(7)2-9/h8-9H,1-2H2,(H,5,6,7). The fraction of sp³-hybridized carbons (Fsp3) is 0.500. The van der Waals surface area contributed by atoms with Gasteiger partial charge in [-0.15, -0.1) is 0 Å². The molecule has 52 valence electrons. The van der Waals surface area contributed by atoms with Crippen molar-refractivity contribution in [2.24, 2.45) is 0 Å². The summed E-state index contributed by atoms with van der Waals surface area (Å²) < 4.78 is 0. The number of rotatable bonds is 2. The number of imide groups is 1. The van der Waals surface area contributed by atoms with Crippen molar-refractivity contribution in [2.75, 3.05) is 11.5 Å². The minimum atomic E-state index is -0.391. The third kappa shape index (κ3) is 4.35. The van der Waals surface area contributed by atoms with Crippen LogP contribution < -0.4 is 5.32 Å². The molecular weight excluding hydrogens is 158 g/mol. The molecule has 0 aromatic rings. The third-order valence-electron chi connectivity index (χ3n) is 0.566. The van der Waals surface area contributed by atoms with Crippen LogP contribution in [-0.4, -0.2) is 23.3 Å². The Hall–Kier alpha value is -0.160. The highest BCUT2D eigenvalue weighted by Crippen LogP contribution is 1.76. The lowest BCUT2D eigenvalue weighted by atomic mass is 10.6. The number of nitrogens with one attached hydrogen (secondary N) is 1. The third-order valence-corrected chi connectivity index (χ3v) is 1.14. The molecule has 9 heavy (non-hydrogen) atoms. The van der Waals surface area contributed by atoms with E-state index in [9.17, 15) is 9.59 Å². The quantitative estimate of drug-likeness (QED) is 0.483. The smallest absolute Gasteiger partial charge is 0.236 e. The molecule has 0 saturated heterocycles. The predicted octanol–water partition coefficient (Wildman–Crippen LogP) is -0.511. The monoisotopic (exact) mass is 165 g/mol. The Labute approximate surface area is 64.0 Å². The van der Waals surface area contributed by atoms with E-state index in [-0.39, 0.29) is 11.5 Å². The van der Waals surface area contributed by atoms with Crippen molar-refractivity contribution in [3.63, 3.8) is 0 Å². The number of carbonyl (C=O) groups is 2. The van der Waals surface area contributed by atoms with Crippen LogP contribution in [0.3, 0.4) is 0 Å². The summed E-state index contributed by atoms with van der Waals surface area (Å²) in [5.74, 6) is -0.728. The molecule has 0 rings (SSSR count). The molecule has 0 atom stereocenters. The van der Waals surface area contributed by atoms with Crippen LogP contribution in [0, 0.1) is 0 Å². The molecule has 5 heteroatoms. The highest BCUT2D eigenvalue weighted by Gasteiger charge is 2.01. The molecule has 0 fully saturated rings. The van der Waals surface area contributed by atoms with Crippen LogP contribution in [0.15, 0.2) is 0 Å². The molecule has 0 aliphatic rings.